The molecule has 0 unspecified atom stereocenters. The summed E-state index contributed by atoms with van der Waals surface area (Å²) < 4.78 is 5.92. The second kappa shape index (κ2) is 9.42. The summed E-state index contributed by atoms with van der Waals surface area (Å²) >= 11 is 12.3. The second-order valence-corrected chi connectivity index (χ2v) is 7.99. The Morgan fingerprint density at radius 1 is 1.00 bits per heavy atom. The van der Waals surface area contributed by atoms with Crippen molar-refractivity contribution in [3.05, 3.63) is 93.4 Å². The molecule has 32 heavy (non-hydrogen) atoms. The minimum absolute atomic E-state index is 0.134. The molecule has 4 aromatic rings. The van der Waals surface area contributed by atoms with Crippen molar-refractivity contribution in [2.24, 2.45) is 0 Å². The number of nitrogens with one attached hydrogen (secondary N) is 2. The van der Waals surface area contributed by atoms with E-state index in [1.54, 1.807) is 49.6 Å². The number of pyridine rings is 1. The lowest BCUT2D eigenvalue weighted by molar-refractivity contribution is -0.120. The van der Waals surface area contributed by atoms with Crippen molar-refractivity contribution in [1.29, 1.82) is 0 Å². The van der Waals surface area contributed by atoms with Gasteiger partial charge in [-0.2, -0.15) is 0 Å². The van der Waals surface area contributed by atoms with Gasteiger partial charge in [0.2, 0.25) is 5.91 Å². The van der Waals surface area contributed by atoms with Gasteiger partial charge < -0.3 is 15.1 Å². The van der Waals surface area contributed by atoms with Crippen LogP contribution in [0.3, 0.4) is 0 Å². The van der Waals surface area contributed by atoms with Crippen LogP contribution < -0.4 is 10.6 Å². The van der Waals surface area contributed by atoms with E-state index in [4.69, 9.17) is 27.6 Å². The topological polar surface area (TPSA) is 84.2 Å². The number of hydrogen-bond donors (Lipinski definition) is 2. The summed E-state index contributed by atoms with van der Waals surface area (Å²) in [6.07, 6.45) is 3.51. The van der Waals surface area contributed by atoms with Gasteiger partial charge in [-0.3, -0.25) is 14.6 Å². The number of fused-ring (bicyclic) bond motifs is 1. The monoisotopic (exact) mass is 467 g/mol. The zero-order valence-corrected chi connectivity index (χ0v) is 18.6. The van der Waals surface area contributed by atoms with Crippen molar-refractivity contribution in [3.8, 4) is 0 Å². The number of carbonyl (C=O) groups excluding carboxylic acids is 2. The van der Waals surface area contributed by atoms with E-state index >= 15 is 0 Å². The van der Waals surface area contributed by atoms with Crippen LogP contribution in [0.5, 0.6) is 0 Å². The number of para-hydroxylation sites is 1. The minimum atomic E-state index is -0.446. The van der Waals surface area contributed by atoms with Crippen molar-refractivity contribution in [1.82, 2.24) is 10.3 Å². The van der Waals surface area contributed by atoms with Crippen LogP contribution in [0.25, 0.3) is 11.0 Å². The van der Waals surface area contributed by atoms with Crippen LogP contribution in [0.15, 0.2) is 65.3 Å². The maximum absolute atomic E-state index is 12.8. The highest BCUT2D eigenvalue weighted by Crippen LogP contribution is 2.33. The van der Waals surface area contributed by atoms with Gasteiger partial charge in [0, 0.05) is 29.9 Å². The Balaban J connectivity index is 1.55. The van der Waals surface area contributed by atoms with Gasteiger partial charge in [0.15, 0.2) is 5.58 Å². The summed E-state index contributed by atoms with van der Waals surface area (Å²) in [5.41, 5.74) is 2.87. The Kier molecular flexibility index (Phi) is 6.44. The number of nitrogens with zero attached hydrogens (tertiary/aromatic N) is 1. The van der Waals surface area contributed by atoms with Gasteiger partial charge in [0.25, 0.3) is 5.91 Å². The summed E-state index contributed by atoms with van der Waals surface area (Å²) in [6.45, 7) is 2.21. The lowest BCUT2D eigenvalue weighted by Crippen LogP contribution is -2.24. The van der Waals surface area contributed by atoms with E-state index in [1.165, 1.54) is 0 Å². The fourth-order valence-electron chi connectivity index (χ4n) is 3.43. The van der Waals surface area contributed by atoms with Crippen molar-refractivity contribution < 1.29 is 14.0 Å². The molecule has 0 aliphatic heterocycles. The third kappa shape index (κ3) is 4.61. The quantitative estimate of drug-likeness (QED) is 0.389. The lowest BCUT2D eigenvalue weighted by atomic mass is 10.1. The Labute approximate surface area is 194 Å². The molecular weight excluding hydrogens is 449 g/mol. The maximum Gasteiger partial charge on any atom is 0.258 e. The lowest BCUT2D eigenvalue weighted by Gasteiger charge is -2.09. The van der Waals surface area contributed by atoms with Crippen molar-refractivity contribution in [2.75, 3.05) is 5.32 Å². The molecule has 0 aliphatic carbocycles. The first-order valence-electron chi connectivity index (χ1n) is 9.86. The first kappa shape index (κ1) is 21.9. The summed E-state index contributed by atoms with van der Waals surface area (Å²) in [5, 5.41) is 6.98. The SMILES string of the molecule is Cc1oc2c(NC(=O)c3c(Cl)cccc3Cl)cccc2c1CC(=O)NCc1ccncc1. The zero-order valence-electron chi connectivity index (χ0n) is 17.1. The third-order valence-corrected chi connectivity index (χ3v) is 5.66. The molecule has 2 aromatic carbocycles. The number of furan rings is 1. The Morgan fingerprint density at radius 2 is 1.69 bits per heavy atom. The summed E-state index contributed by atoms with van der Waals surface area (Å²) in [6, 6.07) is 13.9. The molecule has 8 heteroatoms. The number of anilines is 1. The van der Waals surface area contributed by atoms with E-state index in [0.29, 0.717) is 23.6 Å². The van der Waals surface area contributed by atoms with E-state index < -0.39 is 5.91 Å². The van der Waals surface area contributed by atoms with Gasteiger partial charge in [-0.1, -0.05) is 41.4 Å². The Morgan fingerprint density at radius 3 is 2.41 bits per heavy atom. The maximum atomic E-state index is 12.8. The van der Waals surface area contributed by atoms with Crippen LogP contribution in [0.4, 0.5) is 5.69 Å². The predicted octanol–water partition coefficient (Wildman–Crippen LogP) is 5.55. The molecule has 0 saturated heterocycles. The van der Waals surface area contributed by atoms with E-state index in [9.17, 15) is 9.59 Å². The fraction of sp³-hybridized carbons (Fsp3) is 0.125. The highest BCUT2D eigenvalue weighted by atomic mass is 35.5. The molecule has 2 aromatic heterocycles. The fourth-order valence-corrected chi connectivity index (χ4v) is 4.00. The molecule has 0 saturated carbocycles. The molecule has 6 nitrogen and oxygen atoms in total. The van der Waals surface area contributed by atoms with Gasteiger partial charge in [-0.05, 0) is 42.8 Å². The molecule has 4 rings (SSSR count). The highest BCUT2D eigenvalue weighted by Gasteiger charge is 2.20. The molecule has 2 N–H and O–H groups in total. The summed E-state index contributed by atoms with van der Waals surface area (Å²) in [4.78, 5) is 29.3. The van der Waals surface area contributed by atoms with Crippen LogP contribution >= 0.6 is 23.2 Å². The molecule has 0 fully saturated rings. The van der Waals surface area contributed by atoms with E-state index in [-0.39, 0.29) is 27.9 Å². The second-order valence-electron chi connectivity index (χ2n) is 7.18. The van der Waals surface area contributed by atoms with E-state index in [2.05, 4.69) is 15.6 Å². The molecule has 0 radical (unpaired) electrons. The van der Waals surface area contributed by atoms with Gasteiger partial charge >= 0.3 is 0 Å². The molecule has 2 amide bonds. The Bertz CT molecular complexity index is 1280. The van der Waals surface area contributed by atoms with E-state index in [0.717, 1.165) is 16.5 Å². The summed E-state index contributed by atoms with van der Waals surface area (Å²) in [5.74, 6) is 0.0280. The van der Waals surface area contributed by atoms with Crippen molar-refractivity contribution in [3.63, 3.8) is 0 Å². The van der Waals surface area contributed by atoms with E-state index in [1.807, 2.05) is 18.2 Å². The standard InChI is InChI=1S/C24H19Cl2N3O3/c1-14-17(12-21(30)28-13-15-8-10-27-11-9-15)16-4-2-7-20(23(16)32-14)29-24(31)22-18(25)5-3-6-19(22)26/h2-11H,12-13H2,1H3,(H,28,30)(H,29,31). The number of aryl methyl sites for hydroxylation is 1. The predicted molar refractivity (Wildman–Crippen MR) is 125 cm³/mol. The smallest absolute Gasteiger partial charge is 0.258 e. The number of hydrogen-bond acceptors (Lipinski definition) is 4. The average Bonchev–Trinajstić information content (AvgIpc) is 3.09. The number of carbonyl (C=O) groups is 2. The molecule has 0 aliphatic rings. The number of halogens is 2. The molecule has 162 valence electrons. The van der Waals surface area contributed by atoms with Crippen LogP contribution in [0, 0.1) is 6.92 Å². The largest absolute Gasteiger partial charge is 0.459 e. The van der Waals surface area contributed by atoms with Crippen LogP contribution in [0.2, 0.25) is 10.0 Å². The first-order valence-corrected chi connectivity index (χ1v) is 10.6. The number of rotatable bonds is 6. The first-order chi connectivity index (χ1) is 15.4. The van der Waals surface area contributed by atoms with Gasteiger partial charge in [0.05, 0.1) is 27.7 Å². The van der Waals surface area contributed by atoms with Gasteiger partial charge in [-0.25, -0.2) is 0 Å². The molecule has 0 bridgehead atoms. The molecule has 2 heterocycles. The van der Waals surface area contributed by atoms with Crippen molar-refractivity contribution >= 4 is 51.7 Å². The minimum Gasteiger partial charge on any atom is -0.459 e. The molecular formula is C24H19Cl2N3O3. The third-order valence-electron chi connectivity index (χ3n) is 5.03. The number of amides is 2. The Hall–Kier alpha value is -3.35. The van der Waals surface area contributed by atoms with Crippen molar-refractivity contribution in [2.45, 2.75) is 19.9 Å². The van der Waals surface area contributed by atoms with Crippen LogP contribution in [-0.2, 0) is 17.8 Å². The average molecular weight is 468 g/mol. The van der Waals surface area contributed by atoms with Crippen LogP contribution in [-0.4, -0.2) is 16.8 Å². The summed E-state index contributed by atoms with van der Waals surface area (Å²) in [7, 11) is 0. The number of benzene rings is 2. The normalized spacial score (nSPS) is 10.8. The molecule has 0 spiro atoms. The van der Waals surface area contributed by atoms with Gasteiger partial charge in [0.1, 0.15) is 5.76 Å². The van der Waals surface area contributed by atoms with Gasteiger partial charge in [-0.15, -0.1) is 0 Å². The zero-order chi connectivity index (χ0) is 22.7. The highest BCUT2D eigenvalue weighted by molar-refractivity contribution is 6.40. The number of aromatic nitrogens is 1. The molecule has 0 atom stereocenters. The van der Waals surface area contributed by atoms with Crippen LogP contribution in [0.1, 0.15) is 27.2 Å².